The van der Waals surface area contributed by atoms with Gasteiger partial charge in [0.25, 0.3) is 5.91 Å². The van der Waals surface area contributed by atoms with Crippen LogP contribution in [0.5, 0.6) is 0 Å². The summed E-state index contributed by atoms with van der Waals surface area (Å²) in [5.74, 6) is -0.0379. The number of thiazole rings is 1. The van der Waals surface area contributed by atoms with Crippen LogP contribution in [0, 0.1) is 6.92 Å². The first-order chi connectivity index (χ1) is 9.36. The SMILES string of the molecule is COCCNCCNC(=O)c1sc(C(C)(C)C)nc1C.Cl. The fourth-order valence-electron chi connectivity index (χ4n) is 1.57. The molecular weight excluding hydrogens is 310 g/mol. The third-order valence-corrected chi connectivity index (χ3v) is 4.30. The summed E-state index contributed by atoms with van der Waals surface area (Å²) in [5.41, 5.74) is 0.792. The Balaban J connectivity index is 0.00000400. The highest BCUT2D eigenvalue weighted by atomic mass is 35.5. The fraction of sp³-hybridized carbons (Fsp3) is 0.714. The normalized spacial score (nSPS) is 11.1. The Morgan fingerprint density at radius 3 is 2.48 bits per heavy atom. The van der Waals surface area contributed by atoms with Gasteiger partial charge in [-0.1, -0.05) is 20.8 Å². The molecule has 0 aromatic carbocycles. The summed E-state index contributed by atoms with van der Waals surface area (Å²) in [5, 5.41) is 7.09. The molecule has 0 aliphatic carbocycles. The zero-order valence-corrected chi connectivity index (χ0v) is 15.0. The molecule has 7 heteroatoms. The van der Waals surface area contributed by atoms with Gasteiger partial charge in [-0.05, 0) is 6.92 Å². The lowest BCUT2D eigenvalue weighted by molar-refractivity contribution is 0.0957. The predicted molar refractivity (Wildman–Crippen MR) is 89.9 cm³/mol. The van der Waals surface area contributed by atoms with Crippen LogP contribution in [0.1, 0.15) is 41.1 Å². The molecule has 0 atom stereocenters. The van der Waals surface area contributed by atoms with E-state index in [4.69, 9.17) is 4.74 Å². The quantitative estimate of drug-likeness (QED) is 0.749. The van der Waals surface area contributed by atoms with Crippen molar-refractivity contribution >= 4 is 29.7 Å². The Hall–Kier alpha value is -0.690. The second kappa shape index (κ2) is 9.35. The molecule has 1 aromatic heterocycles. The number of nitrogens with zero attached hydrogens (tertiary/aromatic N) is 1. The number of ether oxygens (including phenoxy) is 1. The number of methoxy groups -OCH3 is 1. The van der Waals surface area contributed by atoms with Crippen LogP contribution in [0.15, 0.2) is 0 Å². The maximum Gasteiger partial charge on any atom is 0.263 e. The van der Waals surface area contributed by atoms with Crippen molar-refractivity contribution < 1.29 is 9.53 Å². The van der Waals surface area contributed by atoms with E-state index >= 15 is 0 Å². The number of hydrogen-bond acceptors (Lipinski definition) is 5. The third kappa shape index (κ3) is 6.74. The second-order valence-corrected chi connectivity index (χ2v) is 6.68. The molecule has 0 saturated heterocycles. The minimum atomic E-state index is -0.0379. The van der Waals surface area contributed by atoms with Crippen molar-refractivity contribution in [1.29, 1.82) is 0 Å². The highest BCUT2D eigenvalue weighted by molar-refractivity contribution is 7.14. The predicted octanol–water partition coefficient (Wildman–Crippen LogP) is 2.14. The fourth-order valence-corrected chi connectivity index (χ4v) is 2.61. The Bertz CT molecular complexity index is 444. The smallest absolute Gasteiger partial charge is 0.263 e. The van der Waals surface area contributed by atoms with Crippen LogP contribution in [-0.2, 0) is 10.2 Å². The van der Waals surface area contributed by atoms with Gasteiger partial charge in [0.2, 0.25) is 0 Å². The number of aryl methyl sites for hydroxylation is 1. The Kier molecular flexibility index (Phi) is 9.04. The van der Waals surface area contributed by atoms with E-state index in [0.717, 1.165) is 23.8 Å². The van der Waals surface area contributed by atoms with Gasteiger partial charge in [0, 0.05) is 32.2 Å². The topological polar surface area (TPSA) is 63.2 Å². The van der Waals surface area contributed by atoms with Crippen molar-refractivity contribution in [3.8, 4) is 0 Å². The standard InChI is InChI=1S/C14H25N3O2S.ClH/c1-10-11(20-13(17-10)14(2,3)4)12(18)16-7-6-15-8-9-19-5;/h15H,6-9H2,1-5H3,(H,16,18);1H. The van der Waals surface area contributed by atoms with Gasteiger partial charge >= 0.3 is 0 Å². The van der Waals surface area contributed by atoms with Crippen molar-refractivity contribution in [2.45, 2.75) is 33.1 Å². The van der Waals surface area contributed by atoms with E-state index in [1.54, 1.807) is 7.11 Å². The van der Waals surface area contributed by atoms with Crippen LogP contribution in [0.2, 0.25) is 0 Å². The van der Waals surface area contributed by atoms with Gasteiger partial charge in [-0.2, -0.15) is 0 Å². The molecule has 0 bridgehead atoms. The number of hydrogen-bond donors (Lipinski definition) is 2. The molecule has 2 N–H and O–H groups in total. The molecule has 1 rings (SSSR count). The zero-order valence-electron chi connectivity index (χ0n) is 13.4. The lowest BCUT2D eigenvalue weighted by Crippen LogP contribution is -2.33. The molecule has 0 aliphatic heterocycles. The maximum absolute atomic E-state index is 12.1. The van der Waals surface area contributed by atoms with E-state index in [0.29, 0.717) is 18.0 Å². The minimum absolute atomic E-state index is 0. The number of nitrogens with one attached hydrogen (secondary N) is 2. The van der Waals surface area contributed by atoms with Crippen LogP contribution in [-0.4, -0.2) is 44.2 Å². The van der Waals surface area contributed by atoms with Crippen molar-refractivity contribution in [3.63, 3.8) is 0 Å². The van der Waals surface area contributed by atoms with Crippen LogP contribution in [0.4, 0.5) is 0 Å². The molecule has 0 aliphatic rings. The van der Waals surface area contributed by atoms with E-state index < -0.39 is 0 Å². The number of aromatic nitrogens is 1. The second-order valence-electron chi connectivity index (χ2n) is 5.68. The molecule has 5 nitrogen and oxygen atoms in total. The van der Waals surface area contributed by atoms with Crippen molar-refractivity contribution in [2.75, 3.05) is 33.4 Å². The first-order valence-electron chi connectivity index (χ1n) is 6.82. The van der Waals surface area contributed by atoms with Gasteiger partial charge in [0.15, 0.2) is 0 Å². The molecule has 122 valence electrons. The van der Waals surface area contributed by atoms with E-state index in [2.05, 4.69) is 36.4 Å². The average molecular weight is 336 g/mol. The maximum atomic E-state index is 12.1. The van der Waals surface area contributed by atoms with Gasteiger partial charge in [-0.3, -0.25) is 4.79 Å². The summed E-state index contributed by atoms with van der Waals surface area (Å²) < 4.78 is 4.93. The number of carbonyl (C=O) groups is 1. The largest absolute Gasteiger partial charge is 0.383 e. The summed E-state index contributed by atoms with van der Waals surface area (Å²) in [6.07, 6.45) is 0. The highest BCUT2D eigenvalue weighted by Gasteiger charge is 2.22. The van der Waals surface area contributed by atoms with E-state index in [1.807, 2.05) is 6.92 Å². The van der Waals surface area contributed by atoms with Crippen molar-refractivity contribution in [3.05, 3.63) is 15.6 Å². The van der Waals surface area contributed by atoms with Gasteiger partial charge in [0.1, 0.15) is 4.88 Å². The molecule has 0 radical (unpaired) electrons. The summed E-state index contributed by atoms with van der Waals surface area (Å²) in [6.45, 7) is 11.0. The molecule has 0 spiro atoms. The summed E-state index contributed by atoms with van der Waals surface area (Å²) in [6, 6.07) is 0. The monoisotopic (exact) mass is 335 g/mol. The zero-order chi connectivity index (χ0) is 15.2. The molecule has 0 fully saturated rings. The van der Waals surface area contributed by atoms with Crippen molar-refractivity contribution in [2.24, 2.45) is 0 Å². The van der Waals surface area contributed by atoms with Gasteiger partial charge in [-0.15, -0.1) is 23.7 Å². The van der Waals surface area contributed by atoms with E-state index in [1.165, 1.54) is 11.3 Å². The van der Waals surface area contributed by atoms with Gasteiger partial charge in [-0.25, -0.2) is 4.98 Å². The van der Waals surface area contributed by atoms with Crippen LogP contribution in [0.3, 0.4) is 0 Å². The molecule has 0 unspecified atom stereocenters. The molecule has 1 heterocycles. The van der Waals surface area contributed by atoms with Crippen LogP contribution < -0.4 is 10.6 Å². The van der Waals surface area contributed by atoms with Gasteiger partial charge < -0.3 is 15.4 Å². The summed E-state index contributed by atoms with van der Waals surface area (Å²) >= 11 is 1.48. The summed E-state index contributed by atoms with van der Waals surface area (Å²) in [4.78, 5) is 17.3. The van der Waals surface area contributed by atoms with Gasteiger partial charge in [0.05, 0.1) is 17.3 Å². The van der Waals surface area contributed by atoms with Crippen molar-refractivity contribution in [1.82, 2.24) is 15.6 Å². The summed E-state index contributed by atoms with van der Waals surface area (Å²) in [7, 11) is 1.67. The first-order valence-corrected chi connectivity index (χ1v) is 7.63. The van der Waals surface area contributed by atoms with E-state index in [-0.39, 0.29) is 23.7 Å². The van der Waals surface area contributed by atoms with Crippen LogP contribution >= 0.6 is 23.7 Å². The molecular formula is C14H26ClN3O2S. The Morgan fingerprint density at radius 2 is 1.95 bits per heavy atom. The Morgan fingerprint density at radius 1 is 1.29 bits per heavy atom. The number of amides is 1. The van der Waals surface area contributed by atoms with Crippen LogP contribution in [0.25, 0.3) is 0 Å². The first kappa shape index (κ1) is 20.3. The Labute approximate surface area is 137 Å². The molecule has 0 saturated carbocycles. The number of halogens is 1. The average Bonchev–Trinajstić information content (AvgIpc) is 2.75. The number of carbonyl (C=O) groups excluding carboxylic acids is 1. The number of rotatable bonds is 7. The molecule has 1 amide bonds. The molecule has 1 aromatic rings. The minimum Gasteiger partial charge on any atom is -0.383 e. The molecule has 21 heavy (non-hydrogen) atoms. The highest BCUT2D eigenvalue weighted by Crippen LogP contribution is 2.28. The van der Waals surface area contributed by atoms with E-state index in [9.17, 15) is 4.79 Å². The lowest BCUT2D eigenvalue weighted by Gasteiger charge is -2.13. The lowest BCUT2D eigenvalue weighted by atomic mass is 9.98. The third-order valence-electron chi connectivity index (χ3n) is 2.71.